The summed E-state index contributed by atoms with van der Waals surface area (Å²) in [6.07, 6.45) is 0.878. The third kappa shape index (κ3) is 3.37. The highest BCUT2D eigenvalue weighted by Crippen LogP contribution is 2.29. The molecule has 0 amide bonds. The van der Waals surface area contributed by atoms with Crippen LogP contribution in [0.15, 0.2) is 23.2 Å². The highest BCUT2D eigenvalue weighted by Gasteiger charge is 2.13. The van der Waals surface area contributed by atoms with E-state index in [2.05, 4.69) is 20.6 Å². The van der Waals surface area contributed by atoms with Gasteiger partial charge in [-0.1, -0.05) is 0 Å². The van der Waals surface area contributed by atoms with Gasteiger partial charge in [0.05, 0.1) is 13.2 Å². The Morgan fingerprint density at radius 2 is 2.10 bits per heavy atom. The summed E-state index contributed by atoms with van der Waals surface area (Å²) in [4.78, 5) is 8.28. The van der Waals surface area contributed by atoms with Crippen molar-refractivity contribution in [3.63, 3.8) is 0 Å². The molecule has 0 saturated heterocycles. The van der Waals surface area contributed by atoms with Crippen molar-refractivity contribution in [1.29, 1.82) is 0 Å². The topological polar surface area (TPSA) is 79.3 Å². The number of nitrogens with one attached hydrogen (secondary N) is 2. The molecule has 6 nitrogen and oxygen atoms in total. The maximum atomic E-state index is 10.1. The van der Waals surface area contributed by atoms with Crippen LogP contribution in [0, 0.1) is 0 Å². The average Bonchev–Trinajstić information content (AvgIpc) is 2.99. The van der Waals surface area contributed by atoms with Crippen LogP contribution in [0.5, 0.6) is 5.75 Å². The lowest BCUT2D eigenvalue weighted by Gasteiger charge is -2.15. The summed E-state index contributed by atoms with van der Waals surface area (Å²) in [5.74, 6) is 1.75. The second kappa shape index (κ2) is 7.06. The van der Waals surface area contributed by atoms with E-state index in [-0.39, 0.29) is 0 Å². The average molecular weight is 294 g/mol. The maximum Gasteiger partial charge on any atom is 0.204 e. The smallest absolute Gasteiger partial charge is 0.204 e. The lowest BCUT2D eigenvalue weighted by Crippen LogP contribution is -2.14. The van der Waals surface area contributed by atoms with Crippen molar-refractivity contribution >= 4 is 23.0 Å². The minimum Gasteiger partial charge on any atom is -0.490 e. The number of aromatic nitrogens is 2. The first-order valence-corrected chi connectivity index (χ1v) is 7.27. The van der Waals surface area contributed by atoms with Gasteiger partial charge < -0.3 is 20.5 Å². The van der Waals surface area contributed by atoms with E-state index < -0.39 is 6.10 Å². The standard InChI is InChI=1S/C13H18N4O2S/c1-3-14-12-11(19-2)13(17-8-16-12)15-6-10(18)9-4-5-20-7-9/h4-5,7-8,10,18H,3,6H2,1-2H3,(H2,14,15,16,17). The molecule has 0 aromatic carbocycles. The van der Waals surface area contributed by atoms with Crippen molar-refractivity contribution in [2.75, 3.05) is 30.8 Å². The molecule has 7 heteroatoms. The number of hydrogen-bond donors (Lipinski definition) is 3. The molecule has 108 valence electrons. The summed E-state index contributed by atoms with van der Waals surface area (Å²) in [5.41, 5.74) is 0.891. The number of anilines is 2. The van der Waals surface area contributed by atoms with Crippen molar-refractivity contribution in [3.8, 4) is 5.75 Å². The van der Waals surface area contributed by atoms with Gasteiger partial charge in [0.15, 0.2) is 11.6 Å². The summed E-state index contributed by atoms with van der Waals surface area (Å²) in [7, 11) is 1.57. The Balaban J connectivity index is 2.07. The second-order valence-electron chi connectivity index (χ2n) is 4.09. The van der Waals surface area contributed by atoms with Crippen molar-refractivity contribution in [1.82, 2.24) is 9.97 Å². The van der Waals surface area contributed by atoms with Crippen LogP contribution in [0.25, 0.3) is 0 Å². The molecule has 0 saturated carbocycles. The molecular formula is C13H18N4O2S. The second-order valence-corrected chi connectivity index (χ2v) is 4.87. The summed E-state index contributed by atoms with van der Waals surface area (Å²) in [6, 6.07) is 1.90. The Bertz CT molecular complexity index is 533. The molecule has 0 aliphatic rings. The fourth-order valence-corrected chi connectivity index (χ4v) is 2.47. The largest absolute Gasteiger partial charge is 0.490 e. The molecule has 1 atom stereocenters. The van der Waals surface area contributed by atoms with E-state index >= 15 is 0 Å². The summed E-state index contributed by atoms with van der Waals surface area (Å²) < 4.78 is 5.32. The molecule has 0 aliphatic heterocycles. The van der Waals surface area contributed by atoms with E-state index in [9.17, 15) is 5.11 Å². The fraction of sp³-hybridized carbons (Fsp3) is 0.385. The summed E-state index contributed by atoms with van der Waals surface area (Å²) in [5, 5.41) is 20.1. The van der Waals surface area contributed by atoms with Crippen molar-refractivity contribution < 1.29 is 9.84 Å². The molecular weight excluding hydrogens is 276 g/mol. The molecule has 0 spiro atoms. The highest BCUT2D eigenvalue weighted by atomic mass is 32.1. The zero-order valence-corrected chi connectivity index (χ0v) is 12.3. The lowest BCUT2D eigenvalue weighted by molar-refractivity contribution is 0.192. The SMILES string of the molecule is CCNc1ncnc(NCC(O)c2ccsc2)c1OC. The van der Waals surface area contributed by atoms with Gasteiger partial charge in [0.2, 0.25) is 5.75 Å². The van der Waals surface area contributed by atoms with E-state index in [1.165, 1.54) is 6.33 Å². The van der Waals surface area contributed by atoms with Gasteiger partial charge in [0, 0.05) is 13.1 Å². The molecule has 1 unspecified atom stereocenters. The van der Waals surface area contributed by atoms with Gasteiger partial charge in [-0.05, 0) is 29.3 Å². The number of thiophene rings is 1. The van der Waals surface area contributed by atoms with E-state index in [1.54, 1.807) is 18.4 Å². The molecule has 2 heterocycles. The molecule has 3 N–H and O–H groups in total. The first-order valence-electron chi connectivity index (χ1n) is 6.33. The number of nitrogens with zero attached hydrogens (tertiary/aromatic N) is 2. The van der Waals surface area contributed by atoms with Crippen LogP contribution < -0.4 is 15.4 Å². The summed E-state index contributed by atoms with van der Waals surface area (Å²) in [6.45, 7) is 3.08. The first-order chi connectivity index (χ1) is 9.76. The number of methoxy groups -OCH3 is 1. The van der Waals surface area contributed by atoms with Gasteiger partial charge in [-0.2, -0.15) is 11.3 Å². The fourth-order valence-electron chi connectivity index (χ4n) is 1.76. The van der Waals surface area contributed by atoms with Crippen molar-refractivity contribution in [2.45, 2.75) is 13.0 Å². The number of aliphatic hydroxyl groups is 1. The monoisotopic (exact) mass is 294 g/mol. The third-order valence-electron chi connectivity index (χ3n) is 2.74. The number of ether oxygens (including phenoxy) is 1. The predicted molar refractivity (Wildman–Crippen MR) is 80.5 cm³/mol. The Labute approximate surface area is 121 Å². The van der Waals surface area contributed by atoms with E-state index in [4.69, 9.17) is 4.74 Å². The van der Waals surface area contributed by atoms with Gasteiger partial charge in [-0.15, -0.1) is 0 Å². The third-order valence-corrected chi connectivity index (χ3v) is 3.44. The molecule has 2 rings (SSSR count). The Morgan fingerprint density at radius 1 is 1.35 bits per heavy atom. The minimum atomic E-state index is -0.580. The molecule has 20 heavy (non-hydrogen) atoms. The van der Waals surface area contributed by atoms with Crippen LogP contribution in [0.3, 0.4) is 0 Å². The van der Waals surface area contributed by atoms with E-state index in [0.29, 0.717) is 23.9 Å². The maximum absolute atomic E-state index is 10.1. The van der Waals surface area contributed by atoms with Gasteiger partial charge in [0.25, 0.3) is 0 Å². The van der Waals surface area contributed by atoms with Crippen molar-refractivity contribution in [3.05, 3.63) is 28.7 Å². The minimum absolute atomic E-state index is 0.357. The zero-order chi connectivity index (χ0) is 14.4. The number of aliphatic hydroxyl groups excluding tert-OH is 1. The quantitative estimate of drug-likeness (QED) is 0.726. The van der Waals surface area contributed by atoms with Crippen LogP contribution in [0.1, 0.15) is 18.6 Å². The number of rotatable bonds is 7. The summed E-state index contributed by atoms with van der Waals surface area (Å²) >= 11 is 1.56. The van der Waals surface area contributed by atoms with E-state index in [1.807, 2.05) is 23.8 Å². The van der Waals surface area contributed by atoms with Gasteiger partial charge in [0.1, 0.15) is 6.33 Å². The first kappa shape index (κ1) is 14.5. The van der Waals surface area contributed by atoms with Crippen LogP contribution in [0.4, 0.5) is 11.6 Å². The normalized spacial score (nSPS) is 11.9. The Morgan fingerprint density at radius 3 is 2.70 bits per heavy atom. The predicted octanol–water partition coefficient (Wildman–Crippen LogP) is 2.12. The molecule has 2 aromatic heterocycles. The lowest BCUT2D eigenvalue weighted by atomic mass is 10.2. The molecule has 2 aromatic rings. The van der Waals surface area contributed by atoms with Crippen LogP contribution >= 0.6 is 11.3 Å². The van der Waals surface area contributed by atoms with Crippen LogP contribution in [0.2, 0.25) is 0 Å². The Kier molecular flexibility index (Phi) is 5.14. The van der Waals surface area contributed by atoms with Crippen molar-refractivity contribution in [2.24, 2.45) is 0 Å². The number of hydrogen-bond acceptors (Lipinski definition) is 7. The molecule has 0 bridgehead atoms. The van der Waals surface area contributed by atoms with Crippen LogP contribution in [-0.2, 0) is 0 Å². The Hall–Kier alpha value is -1.86. The van der Waals surface area contributed by atoms with Crippen LogP contribution in [-0.4, -0.2) is 35.3 Å². The van der Waals surface area contributed by atoms with Gasteiger partial charge in [-0.25, -0.2) is 9.97 Å². The zero-order valence-electron chi connectivity index (χ0n) is 11.5. The highest BCUT2D eigenvalue weighted by molar-refractivity contribution is 7.07. The molecule has 0 aliphatic carbocycles. The molecule has 0 fully saturated rings. The van der Waals surface area contributed by atoms with Gasteiger partial charge in [-0.3, -0.25) is 0 Å². The molecule has 0 radical (unpaired) electrons. The van der Waals surface area contributed by atoms with E-state index in [0.717, 1.165) is 12.1 Å². The van der Waals surface area contributed by atoms with Gasteiger partial charge >= 0.3 is 0 Å².